The van der Waals surface area contributed by atoms with Gasteiger partial charge in [-0.15, -0.1) is 11.3 Å². The van der Waals surface area contributed by atoms with Gasteiger partial charge in [-0.25, -0.2) is 4.98 Å². The summed E-state index contributed by atoms with van der Waals surface area (Å²) in [6.45, 7) is 6.36. The molecule has 0 saturated heterocycles. The molecule has 0 aliphatic carbocycles. The van der Waals surface area contributed by atoms with Crippen molar-refractivity contribution in [1.29, 1.82) is 0 Å². The number of nitrogens with one attached hydrogen (secondary N) is 1. The largest absolute Gasteiger partial charge is 0.491 e. The van der Waals surface area contributed by atoms with Gasteiger partial charge < -0.3 is 14.8 Å². The lowest BCUT2D eigenvalue weighted by Crippen LogP contribution is -2.40. The van der Waals surface area contributed by atoms with Crippen molar-refractivity contribution in [3.8, 4) is 5.75 Å². The van der Waals surface area contributed by atoms with Crippen molar-refractivity contribution >= 4 is 17.2 Å². The molecule has 0 fully saturated rings. The molecule has 1 aliphatic heterocycles. The molecule has 4 rings (SSSR count). The Labute approximate surface area is 205 Å². The highest BCUT2D eigenvalue weighted by atomic mass is 32.1. The summed E-state index contributed by atoms with van der Waals surface area (Å²) < 4.78 is 12.1. The van der Waals surface area contributed by atoms with Crippen LogP contribution < -0.4 is 10.1 Å². The lowest BCUT2D eigenvalue weighted by Gasteiger charge is -2.22. The fourth-order valence-corrected chi connectivity index (χ4v) is 4.91. The van der Waals surface area contributed by atoms with E-state index >= 15 is 0 Å². The van der Waals surface area contributed by atoms with Gasteiger partial charge in [-0.05, 0) is 50.4 Å². The summed E-state index contributed by atoms with van der Waals surface area (Å²) in [5.74, 6) is 0.482. The molecule has 0 bridgehead atoms. The van der Waals surface area contributed by atoms with Gasteiger partial charge in [-0.3, -0.25) is 9.69 Å². The summed E-state index contributed by atoms with van der Waals surface area (Å²) in [5.41, 5.74) is 4.73. The van der Waals surface area contributed by atoms with Gasteiger partial charge in [0, 0.05) is 24.6 Å². The van der Waals surface area contributed by atoms with Crippen molar-refractivity contribution < 1.29 is 14.3 Å². The number of carbonyl (C=O) groups is 1. The normalized spacial score (nSPS) is 18.7. The van der Waals surface area contributed by atoms with Crippen LogP contribution in [0.15, 0.2) is 60.1 Å². The van der Waals surface area contributed by atoms with E-state index < -0.39 is 0 Å². The number of para-hydroxylation sites is 1. The summed E-state index contributed by atoms with van der Waals surface area (Å²) >= 11 is 1.70. The maximum Gasteiger partial charge on any atom is 0.255 e. The summed E-state index contributed by atoms with van der Waals surface area (Å²) in [6, 6.07) is 17.6. The number of hydrogen-bond donors (Lipinski definition) is 1. The number of benzene rings is 2. The predicted molar refractivity (Wildman–Crippen MR) is 136 cm³/mol. The van der Waals surface area contributed by atoms with E-state index in [9.17, 15) is 4.79 Å². The van der Waals surface area contributed by atoms with Crippen molar-refractivity contribution in [3.63, 3.8) is 0 Å². The highest BCUT2D eigenvalue weighted by Gasteiger charge is 2.19. The van der Waals surface area contributed by atoms with Crippen molar-refractivity contribution in [2.24, 2.45) is 0 Å². The first-order chi connectivity index (χ1) is 16.7. The molecular weight excluding hydrogens is 446 g/mol. The van der Waals surface area contributed by atoms with E-state index in [1.807, 2.05) is 48.0 Å². The summed E-state index contributed by atoms with van der Waals surface area (Å²) in [5, 5.41) is 3.18. The molecule has 180 valence electrons. The summed E-state index contributed by atoms with van der Waals surface area (Å²) in [6.07, 6.45) is 2.74. The zero-order valence-electron chi connectivity index (χ0n) is 19.7. The maximum atomic E-state index is 13.2. The van der Waals surface area contributed by atoms with Gasteiger partial charge in [0.05, 0.1) is 29.4 Å². The van der Waals surface area contributed by atoms with Gasteiger partial charge in [0.15, 0.2) is 0 Å². The van der Waals surface area contributed by atoms with Crippen LogP contribution in [0, 0.1) is 6.92 Å². The van der Waals surface area contributed by atoms with Crippen LogP contribution >= 0.6 is 11.3 Å². The number of fused-ring (bicyclic) bond motifs is 1. The van der Waals surface area contributed by atoms with E-state index in [1.165, 1.54) is 10.4 Å². The lowest BCUT2D eigenvalue weighted by atomic mass is 10.1. The van der Waals surface area contributed by atoms with Crippen LogP contribution in [-0.2, 0) is 17.7 Å². The number of carbonyl (C=O) groups excluding carboxylic acids is 1. The fraction of sp³-hybridized carbons (Fsp3) is 0.407. The van der Waals surface area contributed by atoms with Crippen molar-refractivity contribution in [2.75, 3.05) is 32.9 Å². The molecule has 1 atom stereocenters. The van der Waals surface area contributed by atoms with Gasteiger partial charge >= 0.3 is 0 Å². The van der Waals surface area contributed by atoms with E-state index in [-0.39, 0.29) is 11.9 Å². The average Bonchev–Trinajstić information content (AvgIpc) is 3.25. The number of thiazole rings is 1. The third-order valence-corrected chi connectivity index (χ3v) is 6.92. The van der Waals surface area contributed by atoms with Crippen LogP contribution in [0.1, 0.15) is 39.3 Å². The van der Waals surface area contributed by atoms with Crippen LogP contribution in [-0.4, -0.2) is 54.7 Å². The Morgan fingerprint density at radius 1 is 1.06 bits per heavy atom. The van der Waals surface area contributed by atoms with E-state index in [0.29, 0.717) is 31.1 Å². The molecule has 1 amide bonds. The number of nitrogens with zero attached hydrogens (tertiary/aromatic N) is 2. The fourth-order valence-electron chi connectivity index (χ4n) is 4.09. The standard InChI is InChI=1S/C27H33N3O3S/c1-21-26(34-20-28-21)18-30-13-7-8-15-32-19-23(17-22-9-3-2-4-10-22)29-27(31)24-11-5-6-12-25(24)33-16-14-30/h2-6,9-12,20,23H,7-8,13-19H2,1H3,(H,29,31)/t23-/m0/s1. The average molecular weight is 480 g/mol. The summed E-state index contributed by atoms with van der Waals surface area (Å²) in [7, 11) is 0. The number of amides is 1. The molecule has 7 heteroatoms. The molecule has 3 aromatic rings. The second-order valence-electron chi connectivity index (χ2n) is 8.62. The van der Waals surface area contributed by atoms with Crippen molar-refractivity contribution in [1.82, 2.24) is 15.2 Å². The van der Waals surface area contributed by atoms with E-state index in [0.717, 1.165) is 44.6 Å². The van der Waals surface area contributed by atoms with Gasteiger partial charge in [0.25, 0.3) is 5.91 Å². The molecule has 1 N–H and O–H groups in total. The Morgan fingerprint density at radius 3 is 2.71 bits per heavy atom. The molecule has 0 saturated carbocycles. The quantitative estimate of drug-likeness (QED) is 0.598. The Hall–Kier alpha value is -2.74. The molecule has 1 aromatic heterocycles. The zero-order chi connectivity index (χ0) is 23.6. The molecule has 2 aromatic carbocycles. The molecular formula is C27H33N3O3S. The van der Waals surface area contributed by atoms with Gasteiger partial charge in [-0.1, -0.05) is 42.5 Å². The highest BCUT2D eigenvalue weighted by Crippen LogP contribution is 2.20. The van der Waals surface area contributed by atoms with E-state index in [1.54, 1.807) is 11.3 Å². The van der Waals surface area contributed by atoms with E-state index in [4.69, 9.17) is 9.47 Å². The third kappa shape index (κ3) is 7.13. The first-order valence-corrected chi connectivity index (χ1v) is 12.8. The van der Waals surface area contributed by atoms with Gasteiger partial charge in [0.1, 0.15) is 12.4 Å². The smallest absolute Gasteiger partial charge is 0.255 e. The van der Waals surface area contributed by atoms with Crippen LogP contribution in [0.4, 0.5) is 0 Å². The Balaban J connectivity index is 1.47. The maximum absolute atomic E-state index is 13.2. The van der Waals surface area contributed by atoms with Crippen LogP contribution in [0.25, 0.3) is 0 Å². The van der Waals surface area contributed by atoms with Gasteiger partial charge in [-0.2, -0.15) is 0 Å². The Morgan fingerprint density at radius 2 is 1.88 bits per heavy atom. The Kier molecular flexibility index (Phi) is 9.07. The number of aromatic nitrogens is 1. The number of aryl methyl sites for hydroxylation is 1. The molecule has 0 spiro atoms. The SMILES string of the molecule is Cc1ncsc1CN1CCCCOC[C@H](Cc2ccccc2)NC(=O)c2ccccc2OCC1. The van der Waals surface area contributed by atoms with Crippen LogP contribution in [0.3, 0.4) is 0 Å². The lowest BCUT2D eigenvalue weighted by molar-refractivity contribution is 0.0823. The summed E-state index contributed by atoms with van der Waals surface area (Å²) in [4.78, 5) is 21.3. The predicted octanol–water partition coefficient (Wildman–Crippen LogP) is 4.48. The topological polar surface area (TPSA) is 63.7 Å². The van der Waals surface area contributed by atoms with Crippen LogP contribution in [0.2, 0.25) is 0 Å². The van der Waals surface area contributed by atoms with Crippen LogP contribution in [0.5, 0.6) is 5.75 Å². The second kappa shape index (κ2) is 12.6. The molecule has 34 heavy (non-hydrogen) atoms. The number of ether oxygens (including phenoxy) is 2. The minimum Gasteiger partial charge on any atom is -0.491 e. The molecule has 2 heterocycles. The first kappa shape index (κ1) is 24.4. The molecule has 0 radical (unpaired) electrons. The Bertz CT molecular complexity index is 1040. The van der Waals surface area contributed by atoms with Crippen molar-refractivity contribution in [3.05, 3.63) is 81.8 Å². The van der Waals surface area contributed by atoms with E-state index in [2.05, 4.69) is 34.3 Å². The third-order valence-electron chi connectivity index (χ3n) is 6.00. The number of rotatable bonds is 4. The monoisotopic (exact) mass is 479 g/mol. The second-order valence-corrected chi connectivity index (χ2v) is 9.56. The number of hydrogen-bond acceptors (Lipinski definition) is 6. The molecule has 6 nitrogen and oxygen atoms in total. The molecule has 0 unspecified atom stereocenters. The molecule has 1 aliphatic rings. The minimum absolute atomic E-state index is 0.112. The minimum atomic E-state index is -0.132. The highest BCUT2D eigenvalue weighted by molar-refractivity contribution is 7.09. The van der Waals surface area contributed by atoms with Crippen molar-refractivity contribution in [2.45, 2.75) is 38.8 Å². The van der Waals surface area contributed by atoms with Gasteiger partial charge in [0.2, 0.25) is 0 Å². The zero-order valence-corrected chi connectivity index (χ0v) is 20.6. The first-order valence-electron chi connectivity index (χ1n) is 11.9.